The predicted octanol–water partition coefficient (Wildman–Crippen LogP) is 3.56. The maximum Gasteiger partial charge on any atom is 0.153 e. The van der Waals surface area contributed by atoms with Crippen molar-refractivity contribution in [2.75, 3.05) is 6.26 Å². The van der Waals surface area contributed by atoms with Gasteiger partial charge in [-0.05, 0) is 47.9 Å². The topological polar surface area (TPSA) is 47.0 Å². The van der Waals surface area contributed by atoms with Gasteiger partial charge in [-0.1, -0.05) is 13.8 Å². The Morgan fingerprint density at radius 1 is 1.14 bits per heavy atom. The molecule has 0 radical (unpaired) electrons. The maximum absolute atomic E-state index is 13.0. The largest absolute Gasteiger partial charge is 0.252 e. The number of benzene rings is 1. The molecule has 1 aromatic carbocycles. The summed E-state index contributed by atoms with van der Waals surface area (Å²) in [6, 6.07) is 9.77. The van der Waals surface area contributed by atoms with Gasteiger partial charge in [0, 0.05) is 11.8 Å². The van der Waals surface area contributed by atoms with E-state index in [1.54, 1.807) is 12.1 Å². The smallest absolute Gasteiger partial charge is 0.153 e. The van der Waals surface area contributed by atoms with Gasteiger partial charge in [-0.2, -0.15) is 0 Å². The lowest BCUT2D eigenvalue weighted by Gasteiger charge is -2.11. The molecule has 0 saturated carbocycles. The Morgan fingerprint density at radius 3 is 2.29 bits per heavy atom. The van der Waals surface area contributed by atoms with E-state index in [4.69, 9.17) is 0 Å². The molecular formula is C16H18FNO2S. The van der Waals surface area contributed by atoms with E-state index in [1.165, 1.54) is 18.4 Å². The second-order valence-corrected chi connectivity index (χ2v) is 7.65. The third kappa shape index (κ3) is 4.36. The molecule has 0 saturated heterocycles. The molecule has 21 heavy (non-hydrogen) atoms. The fourth-order valence-electron chi connectivity index (χ4n) is 2.06. The second kappa shape index (κ2) is 5.93. The Balaban J connectivity index is 2.52. The minimum Gasteiger partial charge on any atom is -0.252 e. The van der Waals surface area contributed by atoms with Crippen molar-refractivity contribution in [3.63, 3.8) is 0 Å². The predicted molar refractivity (Wildman–Crippen MR) is 82.3 cm³/mol. The van der Waals surface area contributed by atoms with E-state index in [1.807, 2.05) is 26.0 Å². The first kappa shape index (κ1) is 15.6. The lowest BCUT2D eigenvalue weighted by atomic mass is 10.0. The van der Waals surface area contributed by atoms with Crippen LogP contribution in [0.1, 0.15) is 31.0 Å². The van der Waals surface area contributed by atoms with Crippen molar-refractivity contribution in [2.24, 2.45) is 0 Å². The zero-order valence-electron chi connectivity index (χ0n) is 12.3. The molecule has 1 heterocycles. The molecule has 0 bridgehead atoms. The Labute approximate surface area is 124 Å². The van der Waals surface area contributed by atoms with Gasteiger partial charge in [0.25, 0.3) is 0 Å². The molecule has 0 amide bonds. The van der Waals surface area contributed by atoms with Crippen molar-refractivity contribution < 1.29 is 12.8 Å². The highest BCUT2D eigenvalue weighted by atomic mass is 32.2. The van der Waals surface area contributed by atoms with Crippen molar-refractivity contribution in [3.8, 4) is 11.3 Å². The summed E-state index contributed by atoms with van der Waals surface area (Å²) in [6.45, 7) is 4.07. The molecule has 112 valence electrons. The molecule has 0 aliphatic rings. The summed E-state index contributed by atoms with van der Waals surface area (Å²) in [7, 11) is -3.15. The van der Waals surface area contributed by atoms with Crippen molar-refractivity contribution >= 4 is 9.84 Å². The molecular weight excluding hydrogens is 289 g/mol. The van der Waals surface area contributed by atoms with Crippen LogP contribution in [0.3, 0.4) is 0 Å². The van der Waals surface area contributed by atoms with Crippen LogP contribution < -0.4 is 0 Å². The average molecular weight is 307 g/mol. The number of rotatable bonds is 4. The highest BCUT2D eigenvalue weighted by molar-refractivity contribution is 7.89. The van der Waals surface area contributed by atoms with Crippen LogP contribution in [0.2, 0.25) is 0 Å². The van der Waals surface area contributed by atoms with E-state index in [9.17, 15) is 12.8 Å². The van der Waals surface area contributed by atoms with Gasteiger partial charge in [0.05, 0.1) is 17.1 Å². The zero-order valence-corrected chi connectivity index (χ0v) is 13.1. The summed E-state index contributed by atoms with van der Waals surface area (Å²) >= 11 is 0. The third-order valence-corrected chi connectivity index (χ3v) is 3.94. The first-order valence-corrected chi connectivity index (χ1v) is 8.75. The minimum atomic E-state index is -3.15. The zero-order chi connectivity index (χ0) is 15.6. The lowest BCUT2D eigenvalue weighted by Crippen LogP contribution is -2.05. The van der Waals surface area contributed by atoms with Crippen molar-refractivity contribution in [3.05, 3.63) is 53.5 Å². The average Bonchev–Trinajstić information content (AvgIpc) is 2.37. The highest BCUT2D eigenvalue weighted by Crippen LogP contribution is 2.24. The fraction of sp³-hybridized carbons (Fsp3) is 0.312. The molecule has 3 nitrogen and oxygen atoms in total. The first-order valence-electron chi connectivity index (χ1n) is 6.69. The minimum absolute atomic E-state index is 0.0955. The van der Waals surface area contributed by atoms with Gasteiger partial charge in [0.2, 0.25) is 0 Å². The number of nitrogens with zero attached hydrogens (tertiary/aromatic N) is 1. The molecule has 0 aliphatic carbocycles. The lowest BCUT2D eigenvalue weighted by molar-refractivity contribution is 0.600. The molecule has 0 fully saturated rings. The molecule has 5 heteroatoms. The number of aromatic nitrogens is 1. The summed E-state index contributed by atoms with van der Waals surface area (Å²) in [5, 5.41) is 0. The van der Waals surface area contributed by atoms with Crippen molar-refractivity contribution in [2.45, 2.75) is 25.5 Å². The van der Waals surface area contributed by atoms with Gasteiger partial charge in [-0.3, -0.25) is 4.98 Å². The number of halogens is 1. The van der Waals surface area contributed by atoms with Gasteiger partial charge in [-0.15, -0.1) is 0 Å². The Hall–Kier alpha value is -1.75. The van der Waals surface area contributed by atoms with E-state index < -0.39 is 9.84 Å². The van der Waals surface area contributed by atoms with Crippen molar-refractivity contribution in [1.82, 2.24) is 4.98 Å². The summed E-state index contributed by atoms with van der Waals surface area (Å²) in [5.41, 5.74) is 2.97. The molecule has 0 unspecified atom stereocenters. The van der Waals surface area contributed by atoms with Gasteiger partial charge in [-0.25, -0.2) is 12.8 Å². The molecule has 2 aromatic rings. The maximum atomic E-state index is 13.0. The van der Waals surface area contributed by atoms with Crippen LogP contribution in [-0.4, -0.2) is 19.7 Å². The van der Waals surface area contributed by atoms with Crippen molar-refractivity contribution in [1.29, 1.82) is 0 Å². The van der Waals surface area contributed by atoms with E-state index in [-0.39, 0.29) is 17.5 Å². The Bertz CT molecular complexity index is 737. The second-order valence-electron chi connectivity index (χ2n) is 5.51. The van der Waals surface area contributed by atoms with Crippen LogP contribution >= 0.6 is 0 Å². The third-order valence-electron chi connectivity index (χ3n) is 3.12. The van der Waals surface area contributed by atoms with Crippen LogP contribution in [0, 0.1) is 5.82 Å². The van der Waals surface area contributed by atoms with Crippen LogP contribution in [0.5, 0.6) is 0 Å². The summed E-state index contributed by atoms with van der Waals surface area (Å²) < 4.78 is 36.0. The molecule has 0 spiro atoms. The monoisotopic (exact) mass is 307 g/mol. The van der Waals surface area contributed by atoms with E-state index in [2.05, 4.69) is 4.98 Å². The summed E-state index contributed by atoms with van der Waals surface area (Å²) in [5.74, 6) is -0.150. The van der Waals surface area contributed by atoms with E-state index in [0.717, 1.165) is 11.1 Å². The molecule has 1 aromatic heterocycles. The van der Waals surface area contributed by atoms with Crippen LogP contribution in [0.4, 0.5) is 4.39 Å². The SMILES string of the molecule is CC(C)c1cc(CS(C)(=O)=O)nc(-c2ccc(F)cc2)c1. The normalized spacial score (nSPS) is 11.9. The summed E-state index contributed by atoms with van der Waals surface area (Å²) in [4.78, 5) is 4.40. The Morgan fingerprint density at radius 2 is 1.76 bits per heavy atom. The van der Waals surface area contributed by atoms with Gasteiger partial charge < -0.3 is 0 Å². The number of hydrogen-bond acceptors (Lipinski definition) is 3. The Kier molecular flexibility index (Phi) is 4.42. The summed E-state index contributed by atoms with van der Waals surface area (Å²) in [6.07, 6.45) is 1.19. The number of sulfone groups is 1. The van der Waals surface area contributed by atoms with E-state index in [0.29, 0.717) is 11.4 Å². The fourth-order valence-corrected chi connectivity index (χ4v) is 2.74. The number of hydrogen-bond donors (Lipinski definition) is 0. The molecule has 0 N–H and O–H groups in total. The molecule has 2 rings (SSSR count). The van der Waals surface area contributed by atoms with Crippen LogP contribution in [0.25, 0.3) is 11.3 Å². The first-order chi connectivity index (χ1) is 9.74. The van der Waals surface area contributed by atoms with E-state index >= 15 is 0 Å². The van der Waals surface area contributed by atoms with Gasteiger partial charge in [0.15, 0.2) is 9.84 Å². The van der Waals surface area contributed by atoms with Gasteiger partial charge in [0.1, 0.15) is 5.82 Å². The van der Waals surface area contributed by atoms with Gasteiger partial charge >= 0.3 is 0 Å². The van der Waals surface area contributed by atoms with Crippen LogP contribution in [0.15, 0.2) is 36.4 Å². The molecule has 0 atom stereocenters. The quantitative estimate of drug-likeness (QED) is 0.867. The highest BCUT2D eigenvalue weighted by Gasteiger charge is 2.12. The number of pyridine rings is 1. The van der Waals surface area contributed by atoms with Crippen LogP contribution in [-0.2, 0) is 15.6 Å². The standard InChI is InChI=1S/C16H18FNO2S/c1-11(2)13-8-15(10-21(3,19)20)18-16(9-13)12-4-6-14(17)7-5-12/h4-9,11H,10H2,1-3H3. The molecule has 0 aliphatic heterocycles.